The molecule has 0 aromatic heterocycles. The van der Waals surface area contributed by atoms with Crippen LogP contribution in [0, 0.1) is 10.1 Å². The van der Waals surface area contributed by atoms with Crippen molar-refractivity contribution in [2.45, 2.75) is 57.5 Å². The van der Waals surface area contributed by atoms with Gasteiger partial charge >= 0.3 is 6.09 Å². The van der Waals surface area contributed by atoms with Crippen LogP contribution in [0.1, 0.15) is 52.0 Å². The van der Waals surface area contributed by atoms with Gasteiger partial charge in [0.05, 0.1) is 16.0 Å². The lowest BCUT2D eigenvalue weighted by molar-refractivity contribution is -0.384. The molecule has 0 radical (unpaired) electrons. The molecule has 1 fully saturated rings. The number of hydrogen-bond acceptors (Lipinski definition) is 5. The fourth-order valence-corrected chi connectivity index (χ4v) is 3.61. The summed E-state index contributed by atoms with van der Waals surface area (Å²) in [5.41, 5.74) is -0.659. The molecule has 1 aliphatic heterocycles. The predicted molar refractivity (Wildman–Crippen MR) is 87.0 cm³/mol. The Morgan fingerprint density at radius 1 is 1.29 bits per heavy atom. The van der Waals surface area contributed by atoms with Crippen molar-refractivity contribution in [3.05, 3.63) is 33.9 Å². The first-order valence-corrected chi connectivity index (χ1v) is 8.02. The van der Waals surface area contributed by atoms with Crippen molar-refractivity contribution in [1.82, 2.24) is 0 Å². The summed E-state index contributed by atoms with van der Waals surface area (Å²) in [7, 11) is 0. The summed E-state index contributed by atoms with van der Waals surface area (Å²) in [6.45, 7) is 5.19. The average molecular weight is 332 g/mol. The topological polar surface area (TPSA) is 89.8 Å². The number of fused-ring (bicyclic) bond motifs is 2. The number of rotatable bonds is 1. The summed E-state index contributed by atoms with van der Waals surface area (Å²) < 4.78 is 5.36. The number of amides is 2. The van der Waals surface area contributed by atoms with E-state index in [4.69, 9.17) is 4.74 Å². The van der Waals surface area contributed by atoms with E-state index in [2.05, 4.69) is 0 Å². The molecule has 1 heterocycles. The van der Waals surface area contributed by atoms with Crippen LogP contribution in [0.2, 0.25) is 0 Å². The van der Waals surface area contributed by atoms with E-state index in [9.17, 15) is 19.7 Å². The summed E-state index contributed by atoms with van der Waals surface area (Å²) in [6.07, 6.45) is 2.18. The highest BCUT2D eigenvalue weighted by atomic mass is 16.6. The number of hydrogen-bond donors (Lipinski definition) is 0. The third kappa shape index (κ3) is 2.44. The van der Waals surface area contributed by atoms with Crippen LogP contribution in [0.3, 0.4) is 0 Å². The Morgan fingerprint density at radius 3 is 2.46 bits per heavy atom. The lowest BCUT2D eigenvalue weighted by Gasteiger charge is -2.25. The smallest absolute Gasteiger partial charge is 0.421 e. The third-order valence-electron chi connectivity index (χ3n) is 4.59. The molecular weight excluding hydrogens is 312 g/mol. The van der Waals surface area contributed by atoms with Gasteiger partial charge in [-0.2, -0.15) is 0 Å². The van der Waals surface area contributed by atoms with Crippen LogP contribution in [0.15, 0.2) is 18.2 Å². The number of nitro benzene ring substituents is 1. The van der Waals surface area contributed by atoms with Crippen LogP contribution < -0.4 is 4.90 Å². The van der Waals surface area contributed by atoms with E-state index >= 15 is 0 Å². The van der Waals surface area contributed by atoms with Crippen LogP contribution in [0.4, 0.5) is 16.2 Å². The first-order valence-electron chi connectivity index (χ1n) is 8.02. The zero-order chi connectivity index (χ0) is 17.7. The quantitative estimate of drug-likeness (QED) is 0.578. The third-order valence-corrected chi connectivity index (χ3v) is 4.59. The van der Waals surface area contributed by atoms with Gasteiger partial charge in [-0.05, 0) is 45.2 Å². The second-order valence-electron chi connectivity index (χ2n) is 7.37. The average Bonchev–Trinajstić information content (AvgIpc) is 3.03. The fraction of sp³-hybridized carbons (Fsp3) is 0.529. The number of carbonyl (C=O) groups is 2. The zero-order valence-corrected chi connectivity index (χ0v) is 14.0. The van der Waals surface area contributed by atoms with Crippen LogP contribution in [-0.2, 0) is 14.9 Å². The molecule has 128 valence electrons. The van der Waals surface area contributed by atoms with Crippen LogP contribution in [-0.4, -0.2) is 22.5 Å². The lowest BCUT2D eigenvalue weighted by Crippen LogP contribution is -2.44. The van der Waals surface area contributed by atoms with E-state index < -0.39 is 22.0 Å². The molecule has 2 aliphatic rings. The number of nitrogens with zero attached hydrogens (tertiary/aromatic N) is 2. The molecule has 1 aliphatic carbocycles. The van der Waals surface area contributed by atoms with Crippen molar-refractivity contribution in [2.24, 2.45) is 0 Å². The number of anilines is 1. The molecule has 24 heavy (non-hydrogen) atoms. The number of non-ortho nitro benzene ring substituents is 1. The molecule has 0 bridgehead atoms. The molecule has 0 unspecified atom stereocenters. The lowest BCUT2D eigenvalue weighted by atomic mass is 9.80. The molecule has 1 saturated carbocycles. The molecule has 3 rings (SSSR count). The number of imide groups is 1. The predicted octanol–water partition coefficient (Wildman–Crippen LogP) is 3.69. The number of nitro groups is 1. The van der Waals surface area contributed by atoms with Crippen molar-refractivity contribution < 1.29 is 19.2 Å². The maximum Gasteiger partial charge on any atom is 0.421 e. The highest BCUT2D eigenvalue weighted by Crippen LogP contribution is 2.52. The van der Waals surface area contributed by atoms with E-state index in [0.29, 0.717) is 24.1 Å². The monoisotopic (exact) mass is 332 g/mol. The minimum atomic E-state index is -0.835. The van der Waals surface area contributed by atoms with Gasteiger partial charge in [0.25, 0.3) is 5.69 Å². The molecule has 7 heteroatoms. The summed E-state index contributed by atoms with van der Waals surface area (Å²) >= 11 is 0. The van der Waals surface area contributed by atoms with Gasteiger partial charge < -0.3 is 4.74 Å². The van der Waals surface area contributed by atoms with E-state index in [1.54, 1.807) is 20.8 Å². The van der Waals surface area contributed by atoms with Crippen LogP contribution >= 0.6 is 0 Å². The Bertz CT molecular complexity index is 729. The van der Waals surface area contributed by atoms with Gasteiger partial charge in [-0.25, -0.2) is 9.69 Å². The second kappa shape index (κ2) is 5.29. The van der Waals surface area contributed by atoms with Gasteiger partial charge in [0, 0.05) is 12.1 Å². The highest BCUT2D eigenvalue weighted by molar-refractivity contribution is 6.21. The molecule has 0 saturated heterocycles. The van der Waals surface area contributed by atoms with Gasteiger partial charge in [-0.15, -0.1) is 0 Å². The first kappa shape index (κ1) is 16.4. The molecule has 0 N–H and O–H groups in total. The molecule has 1 aromatic carbocycles. The van der Waals surface area contributed by atoms with Crippen molar-refractivity contribution >= 4 is 23.4 Å². The summed E-state index contributed by atoms with van der Waals surface area (Å²) in [5, 5.41) is 11.1. The SMILES string of the molecule is CC(C)(C)OC(=O)N1C(=O)C2(CCCC2)c2cc([N+](=O)[O-])ccc21. The summed E-state index contributed by atoms with van der Waals surface area (Å²) in [4.78, 5) is 37.3. The molecule has 1 aromatic rings. The van der Waals surface area contributed by atoms with E-state index in [0.717, 1.165) is 17.7 Å². The standard InChI is InChI=1S/C17H20N2O5/c1-16(2,3)24-15(21)18-13-7-6-11(19(22)23)10-12(13)17(14(18)20)8-4-5-9-17/h6-7,10H,4-5,8-9H2,1-3H3. The molecule has 2 amide bonds. The maximum atomic E-state index is 13.1. The number of carbonyl (C=O) groups excluding carboxylic acids is 2. The highest BCUT2D eigenvalue weighted by Gasteiger charge is 2.55. The van der Waals surface area contributed by atoms with E-state index in [-0.39, 0.29) is 11.6 Å². The number of ether oxygens (including phenoxy) is 1. The van der Waals surface area contributed by atoms with Crippen LogP contribution in [0.25, 0.3) is 0 Å². The normalized spacial score (nSPS) is 18.8. The van der Waals surface area contributed by atoms with Gasteiger partial charge in [0.1, 0.15) is 5.60 Å². The van der Waals surface area contributed by atoms with Gasteiger partial charge in [0.15, 0.2) is 0 Å². The largest absolute Gasteiger partial charge is 0.443 e. The Labute approximate surface area is 139 Å². The Hall–Kier alpha value is -2.44. The van der Waals surface area contributed by atoms with E-state index in [1.807, 2.05) is 0 Å². The van der Waals surface area contributed by atoms with Gasteiger partial charge in [0.2, 0.25) is 5.91 Å². The number of benzene rings is 1. The van der Waals surface area contributed by atoms with Gasteiger partial charge in [-0.1, -0.05) is 12.8 Å². The minimum absolute atomic E-state index is 0.0705. The van der Waals surface area contributed by atoms with Crippen molar-refractivity contribution in [3.8, 4) is 0 Å². The first-order chi connectivity index (χ1) is 11.2. The molecular formula is C17H20N2O5. The summed E-state index contributed by atoms with van der Waals surface area (Å²) in [5.74, 6) is -0.329. The molecule has 0 atom stereocenters. The minimum Gasteiger partial charge on any atom is -0.443 e. The Kier molecular flexibility index (Phi) is 3.62. The van der Waals surface area contributed by atoms with E-state index in [1.165, 1.54) is 18.2 Å². The second-order valence-corrected chi connectivity index (χ2v) is 7.37. The summed E-state index contributed by atoms with van der Waals surface area (Å²) in [6, 6.07) is 4.22. The fourth-order valence-electron chi connectivity index (χ4n) is 3.61. The maximum absolute atomic E-state index is 13.1. The zero-order valence-electron chi connectivity index (χ0n) is 14.0. The van der Waals surface area contributed by atoms with Crippen LogP contribution in [0.5, 0.6) is 0 Å². The Balaban J connectivity index is 2.10. The molecule has 7 nitrogen and oxygen atoms in total. The van der Waals surface area contributed by atoms with Gasteiger partial charge in [-0.3, -0.25) is 14.9 Å². The Morgan fingerprint density at radius 2 is 1.92 bits per heavy atom. The van der Waals surface area contributed by atoms with Crippen molar-refractivity contribution in [2.75, 3.05) is 4.90 Å². The van der Waals surface area contributed by atoms with Crippen molar-refractivity contribution in [3.63, 3.8) is 0 Å². The van der Waals surface area contributed by atoms with Crippen molar-refractivity contribution in [1.29, 1.82) is 0 Å². The molecule has 1 spiro atoms.